The first-order valence-corrected chi connectivity index (χ1v) is 7.60. The van der Waals surface area contributed by atoms with E-state index in [-0.39, 0.29) is 10.9 Å². The van der Waals surface area contributed by atoms with Gasteiger partial charge in [0.1, 0.15) is 17.3 Å². The van der Waals surface area contributed by atoms with Gasteiger partial charge in [-0.1, -0.05) is 24.2 Å². The number of carbonyl (C=O) groups is 1. The third-order valence-electron chi connectivity index (χ3n) is 3.80. The highest BCUT2D eigenvalue weighted by Gasteiger charge is 2.19. The van der Waals surface area contributed by atoms with Crippen LogP contribution in [0.1, 0.15) is 11.1 Å². The highest BCUT2D eigenvalue weighted by atomic mass is 35.5. The van der Waals surface area contributed by atoms with Gasteiger partial charge in [0.2, 0.25) is 5.91 Å². The number of ether oxygens (including phenoxy) is 1. The minimum atomic E-state index is -0.523. The number of hydrogen-bond donors (Lipinski definition) is 0. The number of benzene rings is 2. The van der Waals surface area contributed by atoms with E-state index in [2.05, 4.69) is 6.58 Å². The molecule has 0 radical (unpaired) electrons. The van der Waals surface area contributed by atoms with Crippen LogP contribution in [0.3, 0.4) is 0 Å². The fraction of sp³-hybridized carbons (Fsp3) is 0.167. The summed E-state index contributed by atoms with van der Waals surface area (Å²) in [4.78, 5) is 13.5. The van der Waals surface area contributed by atoms with Crippen molar-refractivity contribution in [3.8, 4) is 11.5 Å². The topological polar surface area (TPSA) is 29.5 Å². The summed E-state index contributed by atoms with van der Waals surface area (Å²) >= 11 is 5.66. The van der Waals surface area contributed by atoms with Gasteiger partial charge in [0.25, 0.3) is 0 Å². The average molecular weight is 332 g/mol. The first-order chi connectivity index (χ1) is 11.1. The van der Waals surface area contributed by atoms with E-state index in [9.17, 15) is 9.18 Å². The van der Waals surface area contributed by atoms with Crippen LogP contribution in [0.4, 0.5) is 4.39 Å². The largest absolute Gasteiger partial charge is 0.457 e. The Morgan fingerprint density at radius 1 is 1.22 bits per heavy atom. The van der Waals surface area contributed by atoms with Crippen LogP contribution in [0.5, 0.6) is 11.5 Å². The second-order valence-electron chi connectivity index (χ2n) is 5.32. The molecule has 0 saturated heterocycles. The van der Waals surface area contributed by atoms with Crippen molar-refractivity contribution in [2.45, 2.75) is 13.0 Å². The zero-order valence-electron chi connectivity index (χ0n) is 12.4. The summed E-state index contributed by atoms with van der Waals surface area (Å²) in [5, 5.41) is 0.0568. The molecule has 0 atom stereocenters. The average Bonchev–Trinajstić information content (AvgIpc) is 2.57. The van der Waals surface area contributed by atoms with Gasteiger partial charge in [-0.3, -0.25) is 4.79 Å². The fourth-order valence-electron chi connectivity index (χ4n) is 2.59. The van der Waals surface area contributed by atoms with E-state index in [1.165, 1.54) is 23.8 Å². The molecule has 1 aliphatic heterocycles. The molecule has 0 aliphatic carbocycles. The zero-order chi connectivity index (χ0) is 16.4. The van der Waals surface area contributed by atoms with Gasteiger partial charge in [0.15, 0.2) is 0 Å². The van der Waals surface area contributed by atoms with E-state index >= 15 is 0 Å². The molecule has 2 aromatic carbocycles. The summed E-state index contributed by atoms with van der Waals surface area (Å²) < 4.78 is 19.1. The molecule has 1 amide bonds. The summed E-state index contributed by atoms with van der Waals surface area (Å²) in [5.41, 5.74) is 2.21. The summed E-state index contributed by atoms with van der Waals surface area (Å²) in [6.45, 7) is 4.72. The number of fused-ring (bicyclic) bond motifs is 1. The van der Waals surface area contributed by atoms with Crippen LogP contribution < -0.4 is 4.74 Å². The lowest BCUT2D eigenvalue weighted by Gasteiger charge is -2.28. The highest BCUT2D eigenvalue weighted by molar-refractivity contribution is 6.30. The normalized spacial score (nSPS) is 13.4. The molecule has 1 aliphatic rings. The summed E-state index contributed by atoms with van der Waals surface area (Å²) in [7, 11) is 0. The van der Waals surface area contributed by atoms with E-state index in [1.54, 1.807) is 11.0 Å². The van der Waals surface area contributed by atoms with Gasteiger partial charge in [-0.25, -0.2) is 4.39 Å². The molecule has 0 fully saturated rings. The SMILES string of the molecule is C=CC(=O)N1CCc2ccc(Oc3ccc(Cl)c(F)c3)cc2C1. The quantitative estimate of drug-likeness (QED) is 0.783. The van der Waals surface area contributed by atoms with Crippen LogP contribution in [0.15, 0.2) is 49.1 Å². The smallest absolute Gasteiger partial charge is 0.246 e. The molecule has 3 rings (SSSR count). The highest BCUT2D eigenvalue weighted by Crippen LogP contribution is 2.29. The van der Waals surface area contributed by atoms with E-state index in [4.69, 9.17) is 16.3 Å². The van der Waals surface area contributed by atoms with Crippen molar-refractivity contribution >= 4 is 17.5 Å². The summed E-state index contributed by atoms with van der Waals surface area (Å²) in [6, 6.07) is 10.0. The number of amides is 1. The van der Waals surface area contributed by atoms with Crippen LogP contribution in [-0.4, -0.2) is 17.4 Å². The first-order valence-electron chi connectivity index (χ1n) is 7.23. The second-order valence-corrected chi connectivity index (χ2v) is 5.73. The van der Waals surface area contributed by atoms with Gasteiger partial charge in [0.05, 0.1) is 5.02 Å². The molecule has 0 saturated carbocycles. The van der Waals surface area contributed by atoms with Gasteiger partial charge in [-0.05, 0) is 47.9 Å². The molecule has 23 heavy (non-hydrogen) atoms. The van der Waals surface area contributed by atoms with Crippen LogP contribution >= 0.6 is 11.6 Å². The van der Waals surface area contributed by atoms with Crippen molar-refractivity contribution in [2.24, 2.45) is 0 Å². The predicted molar refractivity (Wildman–Crippen MR) is 87.2 cm³/mol. The van der Waals surface area contributed by atoms with E-state index in [0.717, 1.165) is 12.0 Å². The van der Waals surface area contributed by atoms with E-state index < -0.39 is 5.82 Å². The Bertz CT molecular complexity index is 776. The lowest BCUT2D eigenvalue weighted by molar-refractivity contribution is -0.126. The number of rotatable bonds is 3. The van der Waals surface area contributed by atoms with Crippen LogP contribution in [-0.2, 0) is 17.8 Å². The molecule has 0 aromatic heterocycles. The second kappa shape index (κ2) is 6.42. The number of carbonyl (C=O) groups excluding carboxylic acids is 1. The maximum absolute atomic E-state index is 13.5. The Hall–Kier alpha value is -2.33. The Balaban J connectivity index is 1.81. The van der Waals surface area contributed by atoms with Crippen molar-refractivity contribution < 1.29 is 13.9 Å². The van der Waals surface area contributed by atoms with Crippen LogP contribution in [0, 0.1) is 5.82 Å². The number of hydrogen-bond acceptors (Lipinski definition) is 2. The first kappa shape index (κ1) is 15.6. The summed E-state index contributed by atoms with van der Waals surface area (Å²) in [6.07, 6.45) is 2.12. The van der Waals surface area contributed by atoms with Crippen molar-refractivity contribution in [3.05, 3.63) is 71.0 Å². The Labute approximate surface area is 138 Å². The van der Waals surface area contributed by atoms with Crippen molar-refractivity contribution in [3.63, 3.8) is 0 Å². The standard InChI is InChI=1S/C18H15ClFNO2/c1-2-18(22)21-8-7-12-3-4-14(9-13(12)11-21)23-15-5-6-16(19)17(20)10-15/h2-6,9-10H,1,7-8,11H2. The third-order valence-corrected chi connectivity index (χ3v) is 4.11. The minimum absolute atomic E-state index is 0.0568. The number of halogens is 2. The molecule has 3 nitrogen and oxygen atoms in total. The Morgan fingerprint density at radius 3 is 2.70 bits per heavy atom. The Morgan fingerprint density at radius 2 is 1.96 bits per heavy atom. The molecular weight excluding hydrogens is 317 g/mol. The lowest BCUT2D eigenvalue weighted by Crippen LogP contribution is -2.34. The van der Waals surface area contributed by atoms with Gasteiger partial charge in [-0.2, -0.15) is 0 Å². The monoisotopic (exact) mass is 331 g/mol. The molecule has 2 aromatic rings. The molecule has 0 spiro atoms. The predicted octanol–water partition coefficient (Wildman–Crippen LogP) is 4.34. The number of nitrogens with zero attached hydrogens (tertiary/aromatic N) is 1. The van der Waals surface area contributed by atoms with Gasteiger partial charge < -0.3 is 9.64 Å². The van der Waals surface area contributed by atoms with Gasteiger partial charge in [0, 0.05) is 19.2 Å². The zero-order valence-corrected chi connectivity index (χ0v) is 13.1. The molecule has 0 bridgehead atoms. The van der Waals surface area contributed by atoms with Crippen molar-refractivity contribution in [1.82, 2.24) is 4.90 Å². The van der Waals surface area contributed by atoms with E-state index in [1.807, 2.05) is 18.2 Å². The molecule has 0 unspecified atom stereocenters. The van der Waals surface area contributed by atoms with E-state index in [0.29, 0.717) is 24.6 Å². The molecule has 118 valence electrons. The maximum Gasteiger partial charge on any atom is 0.246 e. The lowest BCUT2D eigenvalue weighted by atomic mass is 9.99. The van der Waals surface area contributed by atoms with Crippen LogP contribution in [0.2, 0.25) is 5.02 Å². The van der Waals surface area contributed by atoms with Crippen molar-refractivity contribution in [1.29, 1.82) is 0 Å². The minimum Gasteiger partial charge on any atom is -0.457 e. The van der Waals surface area contributed by atoms with Crippen molar-refractivity contribution in [2.75, 3.05) is 6.54 Å². The van der Waals surface area contributed by atoms with Gasteiger partial charge in [-0.15, -0.1) is 0 Å². The summed E-state index contributed by atoms with van der Waals surface area (Å²) in [5.74, 6) is 0.367. The fourth-order valence-corrected chi connectivity index (χ4v) is 2.71. The Kier molecular flexibility index (Phi) is 4.35. The van der Waals surface area contributed by atoms with Crippen LogP contribution in [0.25, 0.3) is 0 Å². The third kappa shape index (κ3) is 3.37. The molecule has 1 heterocycles. The molecule has 0 N–H and O–H groups in total. The molecular formula is C18H15ClFNO2. The maximum atomic E-state index is 13.5. The van der Waals surface area contributed by atoms with Gasteiger partial charge >= 0.3 is 0 Å². The molecule has 5 heteroatoms.